The van der Waals surface area contributed by atoms with E-state index in [4.69, 9.17) is 22.3 Å². The van der Waals surface area contributed by atoms with Crippen molar-refractivity contribution in [2.45, 2.75) is 18.9 Å². The van der Waals surface area contributed by atoms with E-state index in [1.165, 1.54) is 6.33 Å². The maximum atomic E-state index is 13.7. The fourth-order valence-electron chi connectivity index (χ4n) is 4.26. The van der Waals surface area contributed by atoms with Crippen molar-refractivity contribution < 1.29 is 0 Å². The zero-order valence-corrected chi connectivity index (χ0v) is 17.7. The first-order chi connectivity index (χ1) is 15.6. The van der Waals surface area contributed by atoms with Crippen LogP contribution in [0.4, 0.5) is 11.6 Å². The number of rotatable bonds is 3. The van der Waals surface area contributed by atoms with Gasteiger partial charge < -0.3 is 10.6 Å². The highest BCUT2D eigenvalue weighted by Gasteiger charge is 2.34. The van der Waals surface area contributed by atoms with E-state index < -0.39 is 0 Å². The van der Waals surface area contributed by atoms with Crippen LogP contribution in [-0.4, -0.2) is 26.1 Å². The Labute approximate surface area is 188 Å². The van der Waals surface area contributed by atoms with E-state index in [-0.39, 0.29) is 23.0 Å². The number of anilines is 2. The molecule has 0 aliphatic carbocycles. The number of hydrogen-bond donors (Lipinski definition) is 1. The van der Waals surface area contributed by atoms with Crippen LogP contribution in [0.25, 0.3) is 16.6 Å². The number of halogens is 1. The topological polar surface area (TPSA) is 114 Å². The second kappa shape index (κ2) is 7.94. The average molecular weight is 444 g/mol. The molecule has 0 bridgehead atoms. The van der Waals surface area contributed by atoms with Crippen LogP contribution < -0.4 is 16.2 Å². The summed E-state index contributed by atoms with van der Waals surface area (Å²) in [6.45, 7) is 0.647. The van der Waals surface area contributed by atoms with E-state index in [1.807, 2.05) is 35.2 Å². The Morgan fingerprint density at radius 3 is 2.72 bits per heavy atom. The molecule has 0 amide bonds. The van der Waals surface area contributed by atoms with Crippen LogP contribution >= 0.6 is 11.6 Å². The van der Waals surface area contributed by atoms with Gasteiger partial charge in [-0.15, -0.1) is 0 Å². The standard InChI is InChI=1S/C23H18ClN7O/c24-16-8-4-9-17-19(16)23(32)31(14-6-2-1-3-7-14)22(29-17)18-10-5-11-30(18)21-15(12-25)20(26)27-13-28-21/h1-4,6-9,13,18H,5,10-11H2,(H2,26,27,28)/t18-/m0/s1. The lowest BCUT2D eigenvalue weighted by atomic mass is 10.1. The number of nitrogen functional groups attached to an aromatic ring is 1. The van der Waals surface area contributed by atoms with Gasteiger partial charge in [0.25, 0.3) is 5.56 Å². The van der Waals surface area contributed by atoms with E-state index in [2.05, 4.69) is 16.0 Å². The third kappa shape index (κ3) is 3.15. The Balaban J connectivity index is 1.78. The van der Waals surface area contributed by atoms with Gasteiger partial charge in [-0.05, 0) is 37.1 Å². The quantitative estimate of drug-likeness (QED) is 0.514. The lowest BCUT2D eigenvalue weighted by molar-refractivity contribution is 0.632. The Morgan fingerprint density at radius 2 is 1.94 bits per heavy atom. The minimum atomic E-state index is -0.285. The van der Waals surface area contributed by atoms with Crippen molar-refractivity contribution in [1.82, 2.24) is 19.5 Å². The van der Waals surface area contributed by atoms with Crippen molar-refractivity contribution in [3.05, 3.63) is 81.6 Å². The Bertz CT molecular complexity index is 1430. The molecule has 9 heteroatoms. The van der Waals surface area contributed by atoms with Gasteiger partial charge in [0.05, 0.1) is 27.7 Å². The highest BCUT2D eigenvalue weighted by molar-refractivity contribution is 6.35. The average Bonchev–Trinajstić information content (AvgIpc) is 3.29. The van der Waals surface area contributed by atoms with E-state index in [0.29, 0.717) is 39.8 Å². The van der Waals surface area contributed by atoms with Gasteiger partial charge in [-0.3, -0.25) is 9.36 Å². The van der Waals surface area contributed by atoms with Gasteiger partial charge in [0.2, 0.25) is 0 Å². The highest BCUT2D eigenvalue weighted by atomic mass is 35.5. The number of hydrogen-bond acceptors (Lipinski definition) is 7. The summed E-state index contributed by atoms with van der Waals surface area (Å²) in [5, 5.41) is 10.4. The second-order valence-electron chi connectivity index (χ2n) is 7.50. The minimum Gasteiger partial charge on any atom is -0.382 e. The van der Waals surface area contributed by atoms with Gasteiger partial charge in [-0.2, -0.15) is 5.26 Å². The molecule has 2 aromatic heterocycles. The first kappa shape index (κ1) is 20.0. The molecule has 1 aliphatic rings. The maximum absolute atomic E-state index is 13.7. The molecule has 32 heavy (non-hydrogen) atoms. The summed E-state index contributed by atoms with van der Waals surface area (Å²) >= 11 is 6.38. The molecule has 0 unspecified atom stereocenters. The predicted molar refractivity (Wildman–Crippen MR) is 123 cm³/mol. The summed E-state index contributed by atoms with van der Waals surface area (Å²) < 4.78 is 1.60. The third-order valence-electron chi connectivity index (χ3n) is 5.68. The summed E-state index contributed by atoms with van der Waals surface area (Å²) in [6, 6.07) is 16.4. The van der Waals surface area contributed by atoms with Gasteiger partial charge in [0, 0.05) is 6.54 Å². The molecule has 1 fully saturated rings. The lowest BCUT2D eigenvalue weighted by Gasteiger charge is -2.28. The Kier molecular flexibility index (Phi) is 4.96. The van der Waals surface area contributed by atoms with Crippen LogP contribution in [0.2, 0.25) is 5.02 Å². The minimum absolute atomic E-state index is 0.127. The van der Waals surface area contributed by atoms with Gasteiger partial charge in [0.15, 0.2) is 5.82 Å². The van der Waals surface area contributed by atoms with Crippen molar-refractivity contribution in [2.75, 3.05) is 17.2 Å². The zero-order valence-electron chi connectivity index (χ0n) is 16.9. The molecule has 158 valence electrons. The van der Waals surface area contributed by atoms with Crippen molar-refractivity contribution in [3.63, 3.8) is 0 Å². The number of benzene rings is 2. The fourth-order valence-corrected chi connectivity index (χ4v) is 4.51. The van der Waals surface area contributed by atoms with Crippen LogP contribution in [0.5, 0.6) is 0 Å². The molecule has 0 radical (unpaired) electrons. The van der Waals surface area contributed by atoms with Gasteiger partial charge in [-0.25, -0.2) is 15.0 Å². The molecule has 3 heterocycles. The fraction of sp³-hybridized carbons (Fsp3) is 0.174. The molecule has 5 rings (SSSR count). The molecular weight excluding hydrogens is 426 g/mol. The number of fused-ring (bicyclic) bond motifs is 1. The van der Waals surface area contributed by atoms with Crippen molar-refractivity contribution >= 4 is 34.1 Å². The summed E-state index contributed by atoms with van der Waals surface area (Å²) in [7, 11) is 0. The summed E-state index contributed by atoms with van der Waals surface area (Å²) in [6.07, 6.45) is 2.93. The third-order valence-corrected chi connectivity index (χ3v) is 5.99. The molecule has 2 N–H and O–H groups in total. The second-order valence-corrected chi connectivity index (χ2v) is 7.91. The number of nitrogens with two attached hydrogens (primary N) is 1. The van der Waals surface area contributed by atoms with Crippen molar-refractivity contribution in [1.29, 1.82) is 5.26 Å². The van der Waals surface area contributed by atoms with Crippen LogP contribution in [0.3, 0.4) is 0 Å². The summed E-state index contributed by atoms with van der Waals surface area (Å²) in [4.78, 5) is 28.8. The lowest BCUT2D eigenvalue weighted by Crippen LogP contribution is -2.32. The molecule has 1 aliphatic heterocycles. The molecular formula is C23H18ClN7O. The molecule has 1 atom stereocenters. The molecule has 0 spiro atoms. The summed E-state index contributed by atoms with van der Waals surface area (Å²) in [5.74, 6) is 1.14. The van der Waals surface area contributed by atoms with Crippen LogP contribution in [0, 0.1) is 11.3 Å². The van der Waals surface area contributed by atoms with E-state index >= 15 is 0 Å². The van der Waals surface area contributed by atoms with Crippen LogP contribution in [-0.2, 0) is 0 Å². The van der Waals surface area contributed by atoms with Crippen LogP contribution in [0.15, 0.2) is 59.7 Å². The van der Waals surface area contributed by atoms with E-state index in [1.54, 1.807) is 22.8 Å². The molecule has 1 saturated heterocycles. The van der Waals surface area contributed by atoms with Gasteiger partial charge >= 0.3 is 0 Å². The molecule has 2 aromatic carbocycles. The molecule has 8 nitrogen and oxygen atoms in total. The number of para-hydroxylation sites is 1. The number of nitrogens with zero attached hydrogens (tertiary/aromatic N) is 6. The SMILES string of the molecule is N#Cc1c(N)ncnc1N1CCC[C@H]1c1nc2cccc(Cl)c2c(=O)n1-c1ccccc1. The normalized spacial score (nSPS) is 15.8. The number of nitriles is 1. The van der Waals surface area contributed by atoms with Gasteiger partial charge in [-0.1, -0.05) is 35.9 Å². The maximum Gasteiger partial charge on any atom is 0.267 e. The van der Waals surface area contributed by atoms with E-state index in [0.717, 1.165) is 12.8 Å². The van der Waals surface area contributed by atoms with Crippen LogP contribution in [0.1, 0.15) is 30.3 Å². The predicted octanol–water partition coefficient (Wildman–Crippen LogP) is 3.62. The molecule has 0 saturated carbocycles. The van der Waals surface area contributed by atoms with E-state index in [9.17, 15) is 10.1 Å². The monoisotopic (exact) mass is 443 g/mol. The first-order valence-corrected chi connectivity index (χ1v) is 10.5. The summed E-state index contributed by atoms with van der Waals surface area (Å²) in [5.41, 5.74) is 7.13. The number of aromatic nitrogens is 4. The van der Waals surface area contributed by atoms with Crippen molar-refractivity contribution in [3.8, 4) is 11.8 Å². The Morgan fingerprint density at radius 1 is 1.12 bits per heavy atom. The van der Waals surface area contributed by atoms with Crippen molar-refractivity contribution in [2.24, 2.45) is 0 Å². The first-order valence-electron chi connectivity index (χ1n) is 10.1. The highest BCUT2D eigenvalue weighted by Crippen LogP contribution is 2.37. The largest absolute Gasteiger partial charge is 0.382 e. The Hall–Kier alpha value is -3.96. The van der Waals surface area contributed by atoms with Gasteiger partial charge in [0.1, 0.15) is 29.6 Å². The zero-order chi connectivity index (χ0) is 22.2. The molecule has 4 aromatic rings. The smallest absolute Gasteiger partial charge is 0.267 e.